The van der Waals surface area contributed by atoms with Crippen LogP contribution >= 0.6 is 0 Å². The number of hydrogen-bond acceptors (Lipinski definition) is 4. The molecule has 1 aliphatic carbocycles. The quantitative estimate of drug-likeness (QED) is 0.768. The van der Waals surface area contributed by atoms with Gasteiger partial charge in [0.05, 0.1) is 11.8 Å². The first-order valence-corrected chi connectivity index (χ1v) is 7.57. The summed E-state index contributed by atoms with van der Waals surface area (Å²) in [5.74, 6) is -0.370. The van der Waals surface area contributed by atoms with Gasteiger partial charge in [-0.15, -0.1) is 0 Å². The molecule has 2 rings (SSSR count). The number of anilines is 1. The molecule has 0 radical (unpaired) electrons. The number of halogens is 1. The molecule has 21 heavy (non-hydrogen) atoms. The van der Waals surface area contributed by atoms with Crippen LogP contribution in [0.3, 0.4) is 0 Å². The number of nitrogens with one attached hydrogen (secondary N) is 2. The Kier molecular flexibility index (Phi) is 5.50. The molecular weight excluding hydrogens is 271 g/mol. The van der Waals surface area contributed by atoms with E-state index in [4.69, 9.17) is 0 Å². The zero-order valence-electron chi connectivity index (χ0n) is 12.7. The highest BCUT2D eigenvalue weighted by Gasteiger charge is 2.27. The minimum absolute atomic E-state index is 0.256. The van der Waals surface area contributed by atoms with Gasteiger partial charge in [0.1, 0.15) is 11.6 Å². The van der Waals surface area contributed by atoms with Crippen molar-refractivity contribution in [2.45, 2.75) is 32.7 Å². The topological polar surface area (TPSA) is 57.3 Å². The Morgan fingerprint density at radius 2 is 2.24 bits per heavy atom. The lowest BCUT2D eigenvalue weighted by atomic mass is 10.2. The summed E-state index contributed by atoms with van der Waals surface area (Å²) < 4.78 is 13.3. The van der Waals surface area contributed by atoms with Crippen LogP contribution in [0.2, 0.25) is 0 Å². The average molecular weight is 294 g/mol. The van der Waals surface area contributed by atoms with Crippen molar-refractivity contribution in [2.75, 3.05) is 31.5 Å². The molecule has 2 N–H and O–H groups in total. The molecule has 0 atom stereocenters. The van der Waals surface area contributed by atoms with E-state index in [0.717, 1.165) is 19.3 Å². The molecule has 0 aliphatic heterocycles. The summed E-state index contributed by atoms with van der Waals surface area (Å²) in [6, 6.07) is 1.90. The van der Waals surface area contributed by atoms with Crippen LogP contribution in [-0.2, 0) is 0 Å². The van der Waals surface area contributed by atoms with Crippen LogP contribution in [0, 0.1) is 5.82 Å². The maximum atomic E-state index is 13.3. The normalized spacial score (nSPS) is 14.3. The number of rotatable bonds is 8. The zero-order chi connectivity index (χ0) is 15.2. The maximum Gasteiger partial charge on any atom is 0.255 e. The first-order chi connectivity index (χ1) is 10.2. The van der Waals surface area contributed by atoms with Crippen molar-refractivity contribution in [1.82, 2.24) is 15.2 Å². The fourth-order valence-corrected chi connectivity index (χ4v) is 2.37. The van der Waals surface area contributed by atoms with Crippen molar-refractivity contribution in [1.29, 1.82) is 0 Å². The lowest BCUT2D eigenvalue weighted by Gasteiger charge is -2.20. The van der Waals surface area contributed by atoms with E-state index in [1.807, 2.05) is 6.92 Å². The summed E-state index contributed by atoms with van der Waals surface area (Å²) in [4.78, 5) is 18.5. The largest absolute Gasteiger partial charge is 0.370 e. The Balaban J connectivity index is 1.91. The Hall–Kier alpha value is -1.69. The van der Waals surface area contributed by atoms with Crippen molar-refractivity contribution in [2.24, 2.45) is 0 Å². The molecule has 1 amide bonds. The van der Waals surface area contributed by atoms with E-state index >= 15 is 0 Å². The summed E-state index contributed by atoms with van der Waals surface area (Å²) in [6.07, 6.45) is 3.61. The van der Waals surface area contributed by atoms with E-state index in [1.54, 1.807) is 0 Å². The third kappa shape index (κ3) is 4.39. The van der Waals surface area contributed by atoms with E-state index in [-0.39, 0.29) is 11.5 Å². The van der Waals surface area contributed by atoms with E-state index in [1.165, 1.54) is 18.9 Å². The number of aromatic nitrogens is 1. The highest BCUT2D eigenvalue weighted by molar-refractivity contribution is 5.98. The molecule has 5 nitrogen and oxygen atoms in total. The predicted octanol–water partition coefficient (Wildman–Crippen LogP) is 1.87. The molecule has 6 heteroatoms. The van der Waals surface area contributed by atoms with Crippen LogP contribution in [0.15, 0.2) is 12.3 Å². The predicted molar refractivity (Wildman–Crippen MR) is 81.0 cm³/mol. The fourth-order valence-electron chi connectivity index (χ4n) is 2.37. The van der Waals surface area contributed by atoms with Crippen LogP contribution in [0.5, 0.6) is 0 Å². The Bertz CT molecular complexity index is 491. The van der Waals surface area contributed by atoms with E-state index in [9.17, 15) is 9.18 Å². The highest BCUT2D eigenvalue weighted by Crippen LogP contribution is 2.25. The molecule has 0 unspecified atom stereocenters. The van der Waals surface area contributed by atoms with Crippen molar-refractivity contribution in [3.05, 3.63) is 23.6 Å². The van der Waals surface area contributed by atoms with Gasteiger partial charge in [-0.1, -0.05) is 6.92 Å². The molecular formula is C15H23FN4O. The van der Waals surface area contributed by atoms with Crippen molar-refractivity contribution in [3.8, 4) is 0 Å². The average Bonchev–Trinajstić information content (AvgIpc) is 3.30. The van der Waals surface area contributed by atoms with Gasteiger partial charge in [0.25, 0.3) is 5.91 Å². The summed E-state index contributed by atoms with van der Waals surface area (Å²) >= 11 is 0. The first-order valence-electron chi connectivity index (χ1n) is 7.57. The minimum Gasteiger partial charge on any atom is -0.370 e. The number of carbonyl (C=O) groups is 1. The first kappa shape index (κ1) is 15.7. The molecule has 1 aromatic heterocycles. The smallest absolute Gasteiger partial charge is 0.255 e. The van der Waals surface area contributed by atoms with Gasteiger partial charge in [-0.25, -0.2) is 9.37 Å². The van der Waals surface area contributed by atoms with Crippen LogP contribution in [0.1, 0.15) is 37.0 Å². The number of hydrogen-bond donors (Lipinski definition) is 2. The van der Waals surface area contributed by atoms with Gasteiger partial charge in [-0.05, 0) is 32.4 Å². The van der Waals surface area contributed by atoms with Gasteiger partial charge in [-0.3, -0.25) is 9.69 Å². The molecule has 1 fully saturated rings. The van der Waals surface area contributed by atoms with Crippen molar-refractivity contribution >= 4 is 11.7 Å². The Labute approximate surface area is 124 Å². The Morgan fingerprint density at radius 1 is 1.48 bits per heavy atom. The number of nitrogens with zero attached hydrogens (tertiary/aromatic N) is 2. The standard InChI is InChI=1S/C15H23FN4O/c1-3-17-14-13(9-11(16)10-19-14)15(21)18-7-8-20(4-2)12-5-6-12/h9-10,12H,3-8H2,1-2H3,(H,17,19)(H,18,21). The second-order valence-electron chi connectivity index (χ2n) is 5.20. The maximum absolute atomic E-state index is 13.3. The summed E-state index contributed by atoms with van der Waals surface area (Å²) in [5, 5.41) is 5.82. The molecule has 0 saturated heterocycles. The van der Waals surface area contributed by atoms with Gasteiger partial charge in [0.2, 0.25) is 0 Å². The monoisotopic (exact) mass is 294 g/mol. The van der Waals surface area contributed by atoms with Crippen LogP contribution in [0.25, 0.3) is 0 Å². The van der Waals surface area contributed by atoms with E-state index in [2.05, 4.69) is 27.4 Å². The molecule has 1 aromatic rings. The van der Waals surface area contributed by atoms with Gasteiger partial charge in [0.15, 0.2) is 0 Å². The van der Waals surface area contributed by atoms with Crippen LogP contribution in [-0.4, -0.2) is 48.0 Å². The zero-order valence-corrected chi connectivity index (χ0v) is 12.7. The van der Waals surface area contributed by atoms with Gasteiger partial charge in [-0.2, -0.15) is 0 Å². The van der Waals surface area contributed by atoms with Gasteiger partial charge < -0.3 is 10.6 Å². The molecule has 0 spiro atoms. The lowest BCUT2D eigenvalue weighted by Crippen LogP contribution is -2.36. The van der Waals surface area contributed by atoms with E-state index in [0.29, 0.717) is 24.9 Å². The molecule has 0 bridgehead atoms. The molecule has 1 aliphatic rings. The van der Waals surface area contributed by atoms with Crippen LogP contribution < -0.4 is 10.6 Å². The van der Waals surface area contributed by atoms with Crippen molar-refractivity contribution < 1.29 is 9.18 Å². The summed E-state index contributed by atoms with van der Waals surface area (Å²) in [6.45, 7) is 7.04. The van der Waals surface area contributed by atoms with Crippen LogP contribution in [0.4, 0.5) is 10.2 Å². The number of likely N-dealkylation sites (N-methyl/N-ethyl adjacent to an activating group) is 1. The molecule has 0 aromatic carbocycles. The third-order valence-electron chi connectivity index (χ3n) is 3.60. The summed E-state index contributed by atoms with van der Waals surface area (Å²) in [7, 11) is 0. The molecule has 116 valence electrons. The number of carbonyl (C=O) groups excluding carboxylic acids is 1. The lowest BCUT2D eigenvalue weighted by molar-refractivity contribution is 0.0948. The van der Waals surface area contributed by atoms with E-state index < -0.39 is 5.82 Å². The molecule has 1 heterocycles. The SMILES string of the molecule is CCNc1ncc(F)cc1C(=O)NCCN(CC)C1CC1. The second kappa shape index (κ2) is 7.36. The van der Waals surface area contributed by atoms with Gasteiger partial charge in [0, 0.05) is 25.7 Å². The number of amides is 1. The third-order valence-corrected chi connectivity index (χ3v) is 3.60. The van der Waals surface area contributed by atoms with Gasteiger partial charge >= 0.3 is 0 Å². The number of pyridine rings is 1. The minimum atomic E-state index is -0.505. The Morgan fingerprint density at radius 3 is 2.86 bits per heavy atom. The van der Waals surface area contributed by atoms with Crippen molar-refractivity contribution in [3.63, 3.8) is 0 Å². The second-order valence-corrected chi connectivity index (χ2v) is 5.20. The summed E-state index contributed by atoms with van der Waals surface area (Å²) in [5.41, 5.74) is 0.256. The highest BCUT2D eigenvalue weighted by atomic mass is 19.1. The molecule has 1 saturated carbocycles. The fraction of sp³-hybridized carbons (Fsp3) is 0.600.